The number of aromatic nitrogens is 2. The summed E-state index contributed by atoms with van der Waals surface area (Å²) in [6.45, 7) is 8.11. The van der Waals surface area contributed by atoms with Crippen LogP contribution in [0, 0.1) is 11.3 Å². The zero-order valence-corrected chi connectivity index (χ0v) is 19.8. The van der Waals surface area contributed by atoms with Crippen molar-refractivity contribution in [2.24, 2.45) is 0 Å². The Kier molecular flexibility index (Phi) is 6.00. The molecule has 4 aromatic rings. The predicted molar refractivity (Wildman–Crippen MR) is 137 cm³/mol. The van der Waals surface area contributed by atoms with Crippen LogP contribution in [-0.2, 0) is 11.2 Å². The highest BCUT2D eigenvalue weighted by Crippen LogP contribution is 2.34. The van der Waals surface area contributed by atoms with Crippen molar-refractivity contribution in [3.63, 3.8) is 0 Å². The summed E-state index contributed by atoms with van der Waals surface area (Å²) >= 11 is 0. The van der Waals surface area contributed by atoms with Crippen LogP contribution in [0.2, 0.25) is 0 Å². The van der Waals surface area contributed by atoms with Crippen LogP contribution < -0.4 is 4.90 Å². The third-order valence-corrected chi connectivity index (χ3v) is 6.49. The number of ether oxygens (including phenoxy) is 1. The van der Waals surface area contributed by atoms with Gasteiger partial charge in [0.2, 0.25) is 0 Å². The Balaban J connectivity index is 1.52. The number of morpholine rings is 1. The van der Waals surface area contributed by atoms with Crippen LogP contribution in [0.5, 0.6) is 0 Å². The molecule has 0 radical (unpaired) electrons. The molecule has 2 atom stereocenters. The third kappa shape index (κ3) is 4.13. The van der Waals surface area contributed by atoms with E-state index >= 15 is 0 Å². The van der Waals surface area contributed by atoms with Gasteiger partial charge in [-0.1, -0.05) is 37.3 Å². The summed E-state index contributed by atoms with van der Waals surface area (Å²) in [5, 5.41) is 10.3. The van der Waals surface area contributed by atoms with Gasteiger partial charge in [0.1, 0.15) is 5.82 Å². The number of anilines is 1. The summed E-state index contributed by atoms with van der Waals surface area (Å²) in [5.41, 5.74) is 7.24. The number of para-hydroxylation sites is 1. The van der Waals surface area contributed by atoms with Crippen molar-refractivity contribution < 1.29 is 4.74 Å². The van der Waals surface area contributed by atoms with E-state index in [0.29, 0.717) is 5.56 Å². The zero-order valence-electron chi connectivity index (χ0n) is 19.8. The van der Waals surface area contributed by atoms with Crippen LogP contribution in [-0.4, -0.2) is 35.3 Å². The fraction of sp³-hybridized carbons (Fsp3) is 0.276. The standard InChI is InChI=1S/C29H28N4O/c1-4-24-26-7-5-6-25(22-10-8-21(14-30)9-11-22)29(26)32-16-27(24)23-12-13-28(31-15-23)33-17-19(2)34-20(3)18-33/h5-13,15-16,19-20H,4,17-18H2,1-3H3/t19-,20?/m0/s1. The molecule has 34 heavy (non-hydrogen) atoms. The first-order valence-electron chi connectivity index (χ1n) is 11.8. The minimum absolute atomic E-state index is 0.201. The van der Waals surface area contributed by atoms with Gasteiger partial charge in [0.05, 0.1) is 29.4 Å². The van der Waals surface area contributed by atoms with E-state index < -0.39 is 0 Å². The first kappa shape index (κ1) is 22.1. The molecule has 0 aliphatic carbocycles. The molecule has 5 heteroatoms. The Morgan fingerprint density at radius 3 is 2.29 bits per heavy atom. The molecular weight excluding hydrogens is 420 g/mol. The molecule has 1 aliphatic rings. The van der Waals surface area contributed by atoms with Gasteiger partial charge in [-0.15, -0.1) is 0 Å². The molecule has 0 amide bonds. The van der Waals surface area contributed by atoms with Crippen molar-refractivity contribution in [2.45, 2.75) is 39.4 Å². The smallest absolute Gasteiger partial charge is 0.128 e. The maximum atomic E-state index is 9.12. The lowest BCUT2D eigenvalue weighted by atomic mass is 9.93. The molecule has 2 aromatic carbocycles. The van der Waals surface area contributed by atoms with Crippen molar-refractivity contribution in [2.75, 3.05) is 18.0 Å². The Hall–Kier alpha value is -3.75. The van der Waals surface area contributed by atoms with Gasteiger partial charge in [-0.05, 0) is 55.7 Å². The Bertz CT molecular complexity index is 1350. The van der Waals surface area contributed by atoms with Crippen molar-refractivity contribution in [1.82, 2.24) is 9.97 Å². The molecule has 5 nitrogen and oxygen atoms in total. The summed E-state index contributed by atoms with van der Waals surface area (Å²) in [6.07, 6.45) is 5.24. The molecule has 1 aliphatic heterocycles. The van der Waals surface area contributed by atoms with E-state index in [1.807, 2.05) is 36.7 Å². The summed E-state index contributed by atoms with van der Waals surface area (Å²) < 4.78 is 5.86. The van der Waals surface area contributed by atoms with Gasteiger partial charge >= 0.3 is 0 Å². The van der Waals surface area contributed by atoms with Gasteiger partial charge in [0.15, 0.2) is 0 Å². The minimum atomic E-state index is 0.201. The predicted octanol–water partition coefficient (Wildman–Crippen LogP) is 6.01. The van der Waals surface area contributed by atoms with E-state index in [2.05, 4.69) is 62.1 Å². The number of benzene rings is 2. The number of hydrogen-bond acceptors (Lipinski definition) is 5. The highest BCUT2D eigenvalue weighted by molar-refractivity contribution is 5.98. The fourth-order valence-corrected chi connectivity index (χ4v) is 4.96. The van der Waals surface area contributed by atoms with Crippen LogP contribution in [0.1, 0.15) is 31.9 Å². The number of fused-ring (bicyclic) bond motifs is 1. The van der Waals surface area contributed by atoms with Crippen LogP contribution >= 0.6 is 0 Å². The molecule has 1 saturated heterocycles. The van der Waals surface area contributed by atoms with E-state index in [-0.39, 0.29) is 12.2 Å². The molecule has 0 spiro atoms. The largest absolute Gasteiger partial charge is 0.372 e. The highest BCUT2D eigenvalue weighted by Gasteiger charge is 2.23. The number of nitriles is 1. The lowest BCUT2D eigenvalue weighted by Crippen LogP contribution is -2.45. The highest BCUT2D eigenvalue weighted by atomic mass is 16.5. The first-order valence-corrected chi connectivity index (χ1v) is 11.8. The molecule has 0 N–H and O–H groups in total. The van der Waals surface area contributed by atoms with Crippen LogP contribution in [0.25, 0.3) is 33.2 Å². The Morgan fingerprint density at radius 2 is 1.65 bits per heavy atom. The number of nitrogens with zero attached hydrogens (tertiary/aromatic N) is 4. The second kappa shape index (κ2) is 9.24. The van der Waals surface area contributed by atoms with Crippen LogP contribution in [0.15, 0.2) is 67.0 Å². The maximum absolute atomic E-state index is 9.12. The summed E-state index contributed by atoms with van der Waals surface area (Å²) in [6, 6.07) is 20.5. The molecule has 5 rings (SSSR count). The molecule has 0 bridgehead atoms. The molecule has 1 fully saturated rings. The molecule has 2 aromatic heterocycles. The van der Waals surface area contributed by atoms with Crippen molar-refractivity contribution in [3.8, 4) is 28.3 Å². The number of pyridine rings is 2. The van der Waals surface area contributed by atoms with Gasteiger partial charge in [-0.3, -0.25) is 4.98 Å². The van der Waals surface area contributed by atoms with Gasteiger partial charge in [0.25, 0.3) is 0 Å². The van der Waals surface area contributed by atoms with Gasteiger partial charge in [-0.25, -0.2) is 4.98 Å². The average molecular weight is 449 g/mol. The van der Waals surface area contributed by atoms with Gasteiger partial charge in [-0.2, -0.15) is 5.26 Å². The normalized spacial score (nSPS) is 18.1. The summed E-state index contributed by atoms with van der Waals surface area (Å²) in [4.78, 5) is 12.0. The van der Waals surface area contributed by atoms with Crippen LogP contribution in [0.4, 0.5) is 5.82 Å². The van der Waals surface area contributed by atoms with E-state index in [1.54, 1.807) is 0 Å². The topological polar surface area (TPSA) is 62.0 Å². The monoisotopic (exact) mass is 448 g/mol. The van der Waals surface area contributed by atoms with E-state index in [0.717, 1.165) is 58.5 Å². The van der Waals surface area contributed by atoms with Crippen molar-refractivity contribution >= 4 is 16.7 Å². The summed E-state index contributed by atoms with van der Waals surface area (Å²) in [7, 11) is 0. The fourth-order valence-electron chi connectivity index (χ4n) is 4.96. The maximum Gasteiger partial charge on any atom is 0.128 e. The second-order valence-electron chi connectivity index (χ2n) is 8.96. The minimum Gasteiger partial charge on any atom is -0.372 e. The average Bonchev–Trinajstić information content (AvgIpc) is 2.87. The number of rotatable bonds is 4. The van der Waals surface area contributed by atoms with Gasteiger partial charge < -0.3 is 9.64 Å². The lowest BCUT2D eigenvalue weighted by molar-refractivity contribution is -0.00545. The quantitative estimate of drug-likeness (QED) is 0.382. The number of aryl methyl sites for hydroxylation is 1. The van der Waals surface area contributed by atoms with Gasteiger partial charge in [0, 0.05) is 47.6 Å². The molecule has 170 valence electrons. The Morgan fingerprint density at radius 1 is 0.912 bits per heavy atom. The lowest BCUT2D eigenvalue weighted by Gasteiger charge is -2.36. The van der Waals surface area contributed by atoms with E-state index in [1.165, 1.54) is 5.56 Å². The number of hydrogen-bond donors (Lipinski definition) is 0. The summed E-state index contributed by atoms with van der Waals surface area (Å²) in [5.74, 6) is 0.987. The molecular formula is C29H28N4O. The SMILES string of the molecule is CCc1c(-c2ccc(N3CC(C)O[C@@H](C)C3)nc2)cnc2c(-c3ccc(C#N)cc3)cccc12. The molecule has 0 saturated carbocycles. The zero-order chi connectivity index (χ0) is 23.7. The van der Waals surface area contributed by atoms with E-state index in [4.69, 9.17) is 20.0 Å². The van der Waals surface area contributed by atoms with E-state index in [9.17, 15) is 0 Å². The molecule has 1 unspecified atom stereocenters. The molecule has 3 heterocycles. The second-order valence-corrected chi connectivity index (χ2v) is 8.96. The first-order chi connectivity index (χ1) is 16.6. The van der Waals surface area contributed by atoms with Crippen LogP contribution in [0.3, 0.4) is 0 Å². The van der Waals surface area contributed by atoms with Crippen molar-refractivity contribution in [3.05, 3.63) is 78.1 Å². The van der Waals surface area contributed by atoms with Crippen molar-refractivity contribution in [1.29, 1.82) is 5.26 Å². The third-order valence-electron chi connectivity index (χ3n) is 6.49. The Labute approximate surface area is 200 Å².